The molecule has 1 heterocycles. The molecule has 4 aromatic rings. The molecule has 1 aromatic heterocycles. The number of nitrogens with zero attached hydrogens (tertiary/aromatic N) is 2. The average molecular weight is 465 g/mol. The molecule has 4 rings (SSSR count). The van der Waals surface area contributed by atoms with Crippen molar-refractivity contribution >= 4 is 44.8 Å². The van der Waals surface area contributed by atoms with Gasteiger partial charge in [0.25, 0.3) is 5.91 Å². The highest BCUT2D eigenvalue weighted by molar-refractivity contribution is 7.16. The van der Waals surface area contributed by atoms with Crippen LogP contribution in [-0.4, -0.2) is 30.0 Å². The Kier molecular flexibility index (Phi) is 6.65. The van der Waals surface area contributed by atoms with Gasteiger partial charge < -0.3 is 9.30 Å². The van der Waals surface area contributed by atoms with E-state index in [0.717, 1.165) is 15.8 Å². The minimum Gasteiger partial charge on any atom is -0.383 e. The Labute approximate surface area is 194 Å². The van der Waals surface area contributed by atoms with Crippen molar-refractivity contribution in [2.24, 2.45) is 4.99 Å². The second kappa shape index (κ2) is 9.61. The summed E-state index contributed by atoms with van der Waals surface area (Å²) in [4.78, 5) is 30.5. The van der Waals surface area contributed by atoms with Gasteiger partial charge in [-0.3, -0.25) is 9.59 Å². The maximum atomic E-state index is 12.9. The molecule has 0 aliphatic heterocycles. The Hall–Kier alpha value is -3.06. The zero-order chi connectivity index (χ0) is 22.7. The number of halogens is 1. The van der Waals surface area contributed by atoms with Crippen LogP contribution in [0.15, 0.2) is 71.7 Å². The molecule has 0 aliphatic rings. The highest BCUT2D eigenvalue weighted by Crippen LogP contribution is 2.27. The van der Waals surface area contributed by atoms with E-state index in [1.54, 1.807) is 43.5 Å². The topological polar surface area (TPSA) is 60.7 Å². The number of methoxy groups -OCH3 is 1. The minimum absolute atomic E-state index is 0.0872. The Morgan fingerprint density at radius 1 is 0.969 bits per heavy atom. The molecule has 7 heteroatoms. The third kappa shape index (κ3) is 4.43. The molecule has 32 heavy (non-hydrogen) atoms. The van der Waals surface area contributed by atoms with Gasteiger partial charge in [-0.25, -0.2) is 0 Å². The molecular formula is C25H21ClN2O3S. The predicted octanol–water partition coefficient (Wildman–Crippen LogP) is 5.28. The van der Waals surface area contributed by atoms with Gasteiger partial charge in [0.05, 0.1) is 16.8 Å². The molecule has 162 valence electrons. The Morgan fingerprint density at radius 2 is 1.62 bits per heavy atom. The van der Waals surface area contributed by atoms with E-state index < -0.39 is 0 Å². The molecule has 0 radical (unpaired) electrons. The monoisotopic (exact) mass is 464 g/mol. The van der Waals surface area contributed by atoms with Crippen molar-refractivity contribution < 1.29 is 14.3 Å². The Morgan fingerprint density at radius 3 is 2.31 bits per heavy atom. The number of amides is 1. The number of ether oxygens (including phenoxy) is 1. The van der Waals surface area contributed by atoms with Gasteiger partial charge in [-0.1, -0.05) is 65.4 Å². The number of aromatic nitrogens is 1. The number of thiazole rings is 1. The van der Waals surface area contributed by atoms with Gasteiger partial charge in [0.1, 0.15) is 0 Å². The van der Waals surface area contributed by atoms with Crippen LogP contribution in [0.25, 0.3) is 10.2 Å². The van der Waals surface area contributed by atoms with Gasteiger partial charge in [-0.15, -0.1) is 0 Å². The van der Waals surface area contributed by atoms with Crippen molar-refractivity contribution in [3.63, 3.8) is 0 Å². The lowest BCUT2D eigenvalue weighted by molar-refractivity contribution is 0.0994. The smallest absolute Gasteiger partial charge is 0.279 e. The van der Waals surface area contributed by atoms with Crippen LogP contribution in [0, 0.1) is 6.92 Å². The van der Waals surface area contributed by atoms with Crippen molar-refractivity contribution in [3.05, 3.63) is 98.8 Å². The van der Waals surface area contributed by atoms with Crippen molar-refractivity contribution in [3.8, 4) is 0 Å². The lowest BCUT2D eigenvalue weighted by Crippen LogP contribution is -2.19. The molecule has 0 saturated carbocycles. The van der Waals surface area contributed by atoms with Crippen LogP contribution in [0.3, 0.4) is 0 Å². The first-order valence-corrected chi connectivity index (χ1v) is 11.3. The van der Waals surface area contributed by atoms with Gasteiger partial charge in [0.2, 0.25) is 0 Å². The van der Waals surface area contributed by atoms with Crippen molar-refractivity contribution in [1.82, 2.24) is 4.57 Å². The summed E-state index contributed by atoms with van der Waals surface area (Å²) >= 11 is 7.76. The molecule has 0 bridgehead atoms. The van der Waals surface area contributed by atoms with Crippen LogP contribution in [0.4, 0.5) is 0 Å². The van der Waals surface area contributed by atoms with Gasteiger partial charge in [-0.05, 0) is 36.8 Å². The molecule has 0 atom stereocenters. The normalized spacial score (nSPS) is 11.8. The molecule has 0 saturated heterocycles. The lowest BCUT2D eigenvalue weighted by Gasteiger charge is -2.07. The molecule has 0 spiro atoms. The van der Waals surface area contributed by atoms with Gasteiger partial charge in [-0.2, -0.15) is 4.99 Å². The number of carbonyl (C=O) groups excluding carboxylic acids is 2. The van der Waals surface area contributed by atoms with Crippen LogP contribution in [0.2, 0.25) is 5.02 Å². The second-order valence-corrected chi connectivity index (χ2v) is 8.65. The Bertz CT molecular complexity index is 1360. The largest absolute Gasteiger partial charge is 0.383 e. The zero-order valence-electron chi connectivity index (χ0n) is 17.7. The summed E-state index contributed by atoms with van der Waals surface area (Å²) in [5.74, 6) is -0.457. The number of rotatable bonds is 6. The summed E-state index contributed by atoms with van der Waals surface area (Å²) in [6, 6.07) is 19.4. The number of hydrogen-bond acceptors (Lipinski definition) is 4. The van der Waals surface area contributed by atoms with Crippen LogP contribution < -0.4 is 4.80 Å². The van der Waals surface area contributed by atoms with E-state index in [9.17, 15) is 9.59 Å². The predicted molar refractivity (Wildman–Crippen MR) is 128 cm³/mol. The number of carbonyl (C=O) groups is 2. The van der Waals surface area contributed by atoms with Crippen molar-refractivity contribution in [2.45, 2.75) is 13.5 Å². The maximum Gasteiger partial charge on any atom is 0.279 e. The molecule has 0 unspecified atom stereocenters. The first-order chi connectivity index (χ1) is 15.5. The lowest BCUT2D eigenvalue weighted by atomic mass is 10.0. The van der Waals surface area contributed by atoms with Crippen LogP contribution >= 0.6 is 22.9 Å². The molecule has 5 nitrogen and oxygen atoms in total. The maximum absolute atomic E-state index is 12.9. The third-order valence-corrected chi connectivity index (χ3v) is 6.63. The quantitative estimate of drug-likeness (QED) is 0.364. The first kappa shape index (κ1) is 22.1. The van der Waals surface area contributed by atoms with E-state index in [2.05, 4.69) is 4.99 Å². The molecular weight excluding hydrogens is 444 g/mol. The Balaban J connectivity index is 1.69. The number of hydrogen-bond donors (Lipinski definition) is 0. The van der Waals surface area contributed by atoms with E-state index in [4.69, 9.17) is 16.3 Å². The minimum atomic E-state index is -0.370. The fraction of sp³-hybridized carbons (Fsp3) is 0.160. The molecule has 3 aromatic carbocycles. The summed E-state index contributed by atoms with van der Waals surface area (Å²) in [5, 5.41) is 0.665. The number of benzene rings is 3. The van der Waals surface area contributed by atoms with Crippen molar-refractivity contribution in [1.29, 1.82) is 0 Å². The summed E-state index contributed by atoms with van der Waals surface area (Å²) < 4.78 is 8.21. The van der Waals surface area contributed by atoms with Crippen LogP contribution in [-0.2, 0) is 11.3 Å². The highest BCUT2D eigenvalue weighted by atomic mass is 35.5. The van der Waals surface area contributed by atoms with E-state index in [-0.39, 0.29) is 11.7 Å². The zero-order valence-corrected chi connectivity index (χ0v) is 19.2. The molecule has 0 aliphatic carbocycles. The molecule has 0 N–H and O–H groups in total. The first-order valence-electron chi connectivity index (χ1n) is 10.1. The van der Waals surface area contributed by atoms with Crippen LogP contribution in [0.5, 0.6) is 0 Å². The summed E-state index contributed by atoms with van der Waals surface area (Å²) in [7, 11) is 1.63. The van der Waals surface area contributed by atoms with Gasteiger partial charge >= 0.3 is 0 Å². The molecule has 0 fully saturated rings. The number of aryl methyl sites for hydroxylation is 1. The summed E-state index contributed by atoms with van der Waals surface area (Å²) in [6.45, 7) is 2.98. The second-order valence-electron chi connectivity index (χ2n) is 7.24. The average Bonchev–Trinajstić information content (AvgIpc) is 3.17. The summed E-state index contributed by atoms with van der Waals surface area (Å²) in [6.07, 6.45) is 0. The number of ketones is 1. The van der Waals surface area contributed by atoms with Gasteiger partial charge in [0.15, 0.2) is 10.6 Å². The standard InChI is InChI=1S/C25H21ClN2O3S/c1-16-20(26)12-13-21-22(16)28(14-15-31-2)25(32-21)27-24(30)19-10-8-18(9-11-19)23(29)17-6-4-3-5-7-17/h3-13H,14-15H2,1-2H3. The SMILES string of the molecule is COCCn1c(=NC(=O)c2ccc(C(=O)c3ccccc3)cc2)sc2ccc(Cl)c(C)c21. The fourth-order valence-corrected chi connectivity index (χ4v) is 4.73. The molecule has 1 amide bonds. The van der Waals surface area contributed by atoms with E-state index >= 15 is 0 Å². The van der Waals surface area contributed by atoms with E-state index in [1.165, 1.54) is 11.3 Å². The fourth-order valence-electron chi connectivity index (χ4n) is 3.46. The van der Waals surface area contributed by atoms with Crippen molar-refractivity contribution in [2.75, 3.05) is 13.7 Å². The van der Waals surface area contributed by atoms with Crippen LogP contribution in [0.1, 0.15) is 31.8 Å². The van der Waals surface area contributed by atoms with E-state index in [0.29, 0.717) is 39.7 Å². The van der Waals surface area contributed by atoms with E-state index in [1.807, 2.05) is 41.8 Å². The highest BCUT2D eigenvalue weighted by Gasteiger charge is 2.14. The number of fused-ring (bicyclic) bond motifs is 1. The third-order valence-electron chi connectivity index (χ3n) is 5.18. The van der Waals surface area contributed by atoms with Gasteiger partial charge in [0, 0.05) is 35.4 Å². The summed E-state index contributed by atoms with van der Waals surface area (Å²) in [5.41, 5.74) is 3.44.